The SMILES string of the molecule is Cn1cc(CCCNC(=O)Nc2cc([N+](=O)[O-])ccc2Cl)cn1. The lowest BCUT2D eigenvalue weighted by atomic mass is 10.2. The zero-order chi connectivity index (χ0) is 16.8. The molecule has 2 amide bonds. The van der Waals surface area contributed by atoms with Gasteiger partial charge in [-0.25, -0.2) is 4.79 Å². The van der Waals surface area contributed by atoms with Crippen LogP contribution < -0.4 is 10.6 Å². The molecule has 0 radical (unpaired) electrons. The molecule has 9 heteroatoms. The number of nitro benzene ring substituents is 1. The first-order valence-electron chi connectivity index (χ1n) is 6.92. The fraction of sp³-hybridized carbons (Fsp3) is 0.286. The summed E-state index contributed by atoms with van der Waals surface area (Å²) in [6, 6.07) is 3.41. The third-order valence-corrected chi connectivity index (χ3v) is 3.42. The quantitative estimate of drug-likeness (QED) is 0.480. The van der Waals surface area contributed by atoms with Crippen LogP contribution >= 0.6 is 11.6 Å². The van der Waals surface area contributed by atoms with Gasteiger partial charge in [0.2, 0.25) is 0 Å². The van der Waals surface area contributed by atoms with Crippen molar-refractivity contribution in [3.05, 3.63) is 51.3 Å². The van der Waals surface area contributed by atoms with Gasteiger partial charge >= 0.3 is 6.03 Å². The number of anilines is 1. The zero-order valence-corrected chi connectivity index (χ0v) is 13.2. The van der Waals surface area contributed by atoms with Crippen molar-refractivity contribution in [1.29, 1.82) is 0 Å². The van der Waals surface area contributed by atoms with Crippen LogP contribution in [0.2, 0.25) is 5.02 Å². The van der Waals surface area contributed by atoms with Gasteiger partial charge in [-0.15, -0.1) is 0 Å². The number of carbonyl (C=O) groups excluding carboxylic acids is 1. The summed E-state index contributed by atoms with van der Waals surface area (Å²) < 4.78 is 1.72. The molecule has 0 saturated heterocycles. The number of nitrogens with zero attached hydrogens (tertiary/aromatic N) is 3. The van der Waals surface area contributed by atoms with Crippen molar-refractivity contribution in [2.24, 2.45) is 7.05 Å². The highest BCUT2D eigenvalue weighted by Gasteiger charge is 2.11. The molecule has 0 spiro atoms. The molecule has 0 saturated carbocycles. The summed E-state index contributed by atoms with van der Waals surface area (Å²) in [7, 11) is 1.85. The van der Waals surface area contributed by atoms with E-state index in [0.717, 1.165) is 18.4 Å². The Labute approximate surface area is 137 Å². The molecule has 0 aliphatic rings. The van der Waals surface area contributed by atoms with E-state index in [-0.39, 0.29) is 16.4 Å². The Kier molecular flexibility index (Phi) is 5.53. The number of carbonyl (C=O) groups is 1. The van der Waals surface area contributed by atoms with Crippen molar-refractivity contribution in [3.8, 4) is 0 Å². The number of nitro groups is 1. The summed E-state index contributed by atoms with van der Waals surface area (Å²) in [5.74, 6) is 0. The number of aryl methyl sites for hydroxylation is 2. The Bertz CT molecular complexity index is 716. The molecule has 1 aromatic heterocycles. The van der Waals surface area contributed by atoms with Crippen LogP contribution in [0.4, 0.5) is 16.2 Å². The van der Waals surface area contributed by atoms with Crippen LogP contribution in [0, 0.1) is 10.1 Å². The summed E-state index contributed by atoms with van der Waals surface area (Å²) >= 11 is 5.91. The lowest BCUT2D eigenvalue weighted by molar-refractivity contribution is -0.384. The number of urea groups is 1. The van der Waals surface area contributed by atoms with Crippen LogP contribution in [0.5, 0.6) is 0 Å². The number of benzene rings is 1. The molecular weight excluding hydrogens is 322 g/mol. The second-order valence-electron chi connectivity index (χ2n) is 4.93. The van der Waals surface area contributed by atoms with Gasteiger partial charge < -0.3 is 10.6 Å². The topological polar surface area (TPSA) is 102 Å². The van der Waals surface area contributed by atoms with Gasteiger partial charge in [0.1, 0.15) is 0 Å². The largest absolute Gasteiger partial charge is 0.338 e. The van der Waals surface area contributed by atoms with Crippen LogP contribution in [-0.2, 0) is 13.5 Å². The van der Waals surface area contributed by atoms with Crippen LogP contribution in [0.1, 0.15) is 12.0 Å². The summed E-state index contributed by atoms with van der Waals surface area (Å²) in [5, 5.41) is 20.2. The van der Waals surface area contributed by atoms with Crippen molar-refractivity contribution >= 4 is 29.0 Å². The van der Waals surface area contributed by atoms with Crippen molar-refractivity contribution in [1.82, 2.24) is 15.1 Å². The molecule has 0 aliphatic carbocycles. The third kappa shape index (κ3) is 4.96. The lowest BCUT2D eigenvalue weighted by Crippen LogP contribution is -2.29. The highest BCUT2D eigenvalue weighted by molar-refractivity contribution is 6.33. The normalized spacial score (nSPS) is 10.3. The van der Waals surface area contributed by atoms with E-state index in [0.29, 0.717) is 6.54 Å². The lowest BCUT2D eigenvalue weighted by Gasteiger charge is -2.08. The van der Waals surface area contributed by atoms with Crippen molar-refractivity contribution < 1.29 is 9.72 Å². The molecular formula is C14H16ClN5O3. The number of hydrogen-bond acceptors (Lipinski definition) is 4. The standard InChI is InChI=1S/C14H16ClN5O3/c1-19-9-10(8-17-19)3-2-6-16-14(21)18-13-7-11(20(22)23)4-5-12(13)15/h4-5,7-9H,2-3,6H2,1H3,(H2,16,18,21). The van der Waals surface area contributed by atoms with E-state index in [4.69, 9.17) is 11.6 Å². The van der Waals surface area contributed by atoms with Crippen LogP contribution in [0.25, 0.3) is 0 Å². The maximum absolute atomic E-state index is 11.8. The highest BCUT2D eigenvalue weighted by Crippen LogP contribution is 2.26. The fourth-order valence-electron chi connectivity index (χ4n) is 1.98. The van der Waals surface area contributed by atoms with Gasteiger partial charge in [-0.2, -0.15) is 5.10 Å². The second-order valence-corrected chi connectivity index (χ2v) is 5.34. The minimum atomic E-state index is -0.548. The molecule has 2 aromatic rings. The number of rotatable bonds is 6. The molecule has 2 rings (SSSR count). The molecule has 2 N–H and O–H groups in total. The Hall–Kier alpha value is -2.61. The van der Waals surface area contributed by atoms with E-state index >= 15 is 0 Å². The van der Waals surface area contributed by atoms with Crippen LogP contribution in [0.3, 0.4) is 0 Å². The molecule has 8 nitrogen and oxygen atoms in total. The molecule has 23 heavy (non-hydrogen) atoms. The second kappa shape index (κ2) is 7.59. The summed E-state index contributed by atoms with van der Waals surface area (Å²) in [6.45, 7) is 0.466. The number of halogens is 1. The van der Waals surface area contributed by atoms with E-state index in [1.807, 2.05) is 13.2 Å². The van der Waals surface area contributed by atoms with Crippen molar-refractivity contribution in [3.63, 3.8) is 0 Å². The Morgan fingerprint density at radius 1 is 1.48 bits per heavy atom. The number of non-ortho nitro benzene ring substituents is 1. The van der Waals surface area contributed by atoms with Gasteiger partial charge in [0.25, 0.3) is 5.69 Å². The maximum Gasteiger partial charge on any atom is 0.319 e. The Morgan fingerprint density at radius 2 is 2.26 bits per heavy atom. The van der Waals surface area contributed by atoms with Gasteiger partial charge in [0, 0.05) is 31.9 Å². The van der Waals surface area contributed by atoms with E-state index in [1.165, 1.54) is 18.2 Å². The summed E-state index contributed by atoms with van der Waals surface area (Å²) in [4.78, 5) is 22.0. The zero-order valence-electron chi connectivity index (χ0n) is 12.5. The van der Waals surface area contributed by atoms with E-state index in [9.17, 15) is 14.9 Å². The first-order chi connectivity index (χ1) is 11.0. The number of hydrogen-bond donors (Lipinski definition) is 2. The first-order valence-corrected chi connectivity index (χ1v) is 7.30. The molecule has 0 atom stereocenters. The molecule has 122 valence electrons. The van der Waals surface area contributed by atoms with E-state index in [2.05, 4.69) is 15.7 Å². The van der Waals surface area contributed by atoms with E-state index < -0.39 is 11.0 Å². The molecule has 0 fully saturated rings. The maximum atomic E-state index is 11.8. The number of nitrogens with one attached hydrogen (secondary N) is 2. The molecule has 0 unspecified atom stereocenters. The van der Waals surface area contributed by atoms with Crippen molar-refractivity contribution in [2.45, 2.75) is 12.8 Å². The van der Waals surface area contributed by atoms with Gasteiger partial charge in [0.05, 0.1) is 21.8 Å². The summed E-state index contributed by atoms with van der Waals surface area (Å²) in [5.41, 5.74) is 1.16. The van der Waals surface area contributed by atoms with Crippen molar-refractivity contribution in [2.75, 3.05) is 11.9 Å². The summed E-state index contributed by atoms with van der Waals surface area (Å²) in [6.07, 6.45) is 5.25. The number of aromatic nitrogens is 2. The predicted octanol–water partition coefficient (Wildman–Crippen LogP) is 2.74. The molecule has 1 heterocycles. The van der Waals surface area contributed by atoms with Gasteiger partial charge in [-0.1, -0.05) is 11.6 Å². The van der Waals surface area contributed by atoms with E-state index in [1.54, 1.807) is 10.9 Å². The van der Waals surface area contributed by atoms with Gasteiger partial charge in [-0.3, -0.25) is 14.8 Å². The first kappa shape index (κ1) is 16.8. The fourth-order valence-corrected chi connectivity index (χ4v) is 2.15. The molecule has 1 aromatic carbocycles. The Balaban J connectivity index is 1.80. The van der Waals surface area contributed by atoms with Gasteiger partial charge in [-0.05, 0) is 24.5 Å². The van der Waals surface area contributed by atoms with Crippen LogP contribution in [0.15, 0.2) is 30.6 Å². The Morgan fingerprint density at radius 3 is 2.91 bits per heavy atom. The third-order valence-electron chi connectivity index (χ3n) is 3.10. The molecule has 0 bridgehead atoms. The molecule has 0 aliphatic heterocycles. The predicted molar refractivity (Wildman–Crippen MR) is 86.7 cm³/mol. The monoisotopic (exact) mass is 337 g/mol. The van der Waals surface area contributed by atoms with Gasteiger partial charge in [0.15, 0.2) is 0 Å². The smallest absolute Gasteiger partial charge is 0.319 e. The average Bonchev–Trinajstić information content (AvgIpc) is 2.91. The highest BCUT2D eigenvalue weighted by atomic mass is 35.5. The minimum Gasteiger partial charge on any atom is -0.338 e. The minimum absolute atomic E-state index is 0.138. The van der Waals surface area contributed by atoms with Crippen LogP contribution in [-0.4, -0.2) is 27.3 Å². The number of amides is 2. The average molecular weight is 338 g/mol.